The first-order valence-corrected chi connectivity index (χ1v) is 6.04. The van der Waals surface area contributed by atoms with Gasteiger partial charge in [-0.25, -0.2) is 9.82 Å². The number of nitrogens with zero attached hydrogens (tertiary/aromatic N) is 2. The summed E-state index contributed by atoms with van der Waals surface area (Å²) in [6.07, 6.45) is 1.20. The largest absolute Gasteiger partial charge is 0.502 e. The third-order valence-corrected chi connectivity index (χ3v) is 2.66. The van der Waals surface area contributed by atoms with Crippen LogP contribution in [0.3, 0.4) is 0 Å². The minimum atomic E-state index is -0.720. The Morgan fingerprint density at radius 1 is 1.32 bits per heavy atom. The van der Waals surface area contributed by atoms with E-state index in [1.165, 1.54) is 30.5 Å². The summed E-state index contributed by atoms with van der Waals surface area (Å²) >= 11 is 0. The molecule has 0 aliphatic heterocycles. The van der Waals surface area contributed by atoms with E-state index in [2.05, 4.69) is 10.5 Å². The summed E-state index contributed by atoms with van der Waals surface area (Å²) in [5, 5.41) is 23.6. The summed E-state index contributed by atoms with van der Waals surface area (Å²) in [6.45, 7) is 0. The molecule has 7 nitrogen and oxygen atoms in total. The Kier molecular flexibility index (Phi) is 4.42. The molecule has 2 aromatic carbocycles. The van der Waals surface area contributed by atoms with Crippen molar-refractivity contribution in [3.63, 3.8) is 0 Å². The van der Waals surface area contributed by atoms with E-state index in [0.29, 0.717) is 5.56 Å². The van der Waals surface area contributed by atoms with Crippen LogP contribution in [0.2, 0.25) is 0 Å². The van der Waals surface area contributed by atoms with Crippen molar-refractivity contribution in [3.05, 3.63) is 69.5 Å². The second kappa shape index (κ2) is 6.44. The number of halogens is 1. The van der Waals surface area contributed by atoms with Crippen molar-refractivity contribution >= 4 is 17.8 Å². The summed E-state index contributed by atoms with van der Waals surface area (Å²) in [7, 11) is 0. The maximum Gasteiger partial charge on any atom is 0.310 e. The Morgan fingerprint density at radius 3 is 2.73 bits per heavy atom. The van der Waals surface area contributed by atoms with Crippen molar-refractivity contribution in [2.45, 2.75) is 0 Å². The Hall–Kier alpha value is -3.29. The molecule has 0 heterocycles. The number of hydrogen-bond donors (Lipinski definition) is 2. The molecule has 0 aromatic heterocycles. The first-order valence-electron chi connectivity index (χ1n) is 6.04. The number of carbonyl (C=O) groups excluding carboxylic acids is 1. The van der Waals surface area contributed by atoms with E-state index in [9.17, 15) is 24.4 Å². The van der Waals surface area contributed by atoms with Crippen LogP contribution in [0.1, 0.15) is 15.9 Å². The standard InChI is InChI=1S/C14H10FN3O4/c15-11-3-1-2-10(7-11)14(20)17-16-8-9-4-5-12(18(21)22)13(19)6-9/h1-8,19H,(H,17,20)/b16-8+. The fourth-order valence-electron chi connectivity index (χ4n) is 1.63. The lowest BCUT2D eigenvalue weighted by molar-refractivity contribution is -0.385. The van der Waals surface area contributed by atoms with Gasteiger partial charge in [0.2, 0.25) is 0 Å². The number of nitro groups is 1. The van der Waals surface area contributed by atoms with Gasteiger partial charge in [0.25, 0.3) is 5.91 Å². The SMILES string of the molecule is O=C(N/N=C/c1ccc([N+](=O)[O-])c(O)c1)c1cccc(F)c1. The summed E-state index contributed by atoms with van der Waals surface area (Å²) in [5.74, 6) is -1.66. The minimum absolute atomic E-state index is 0.101. The number of nitrogens with one attached hydrogen (secondary N) is 1. The van der Waals surface area contributed by atoms with Crippen LogP contribution in [-0.4, -0.2) is 22.2 Å². The van der Waals surface area contributed by atoms with Crippen LogP contribution in [-0.2, 0) is 0 Å². The second-order valence-corrected chi connectivity index (χ2v) is 4.21. The molecule has 0 spiro atoms. The molecule has 1 amide bonds. The molecule has 0 radical (unpaired) electrons. The van der Waals surface area contributed by atoms with Crippen molar-refractivity contribution in [2.75, 3.05) is 0 Å². The number of hydrazone groups is 1. The fraction of sp³-hybridized carbons (Fsp3) is 0. The van der Waals surface area contributed by atoms with Crippen LogP contribution in [0.5, 0.6) is 5.75 Å². The summed E-state index contributed by atoms with van der Waals surface area (Å²) < 4.78 is 13.0. The molecule has 22 heavy (non-hydrogen) atoms. The van der Waals surface area contributed by atoms with E-state index in [1.807, 2.05) is 0 Å². The number of phenols is 1. The molecular weight excluding hydrogens is 293 g/mol. The number of hydrogen-bond acceptors (Lipinski definition) is 5. The Morgan fingerprint density at radius 2 is 2.09 bits per heavy atom. The molecule has 0 fully saturated rings. The zero-order valence-electron chi connectivity index (χ0n) is 11.1. The van der Waals surface area contributed by atoms with Crippen molar-refractivity contribution in [2.24, 2.45) is 5.10 Å². The van der Waals surface area contributed by atoms with E-state index >= 15 is 0 Å². The molecule has 8 heteroatoms. The number of carbonyl (C=O) groups is 1. The average Bonchev–Trinajstić information content (AvgIpc) is 2.46. The topological polar surface area (TPSA) is 105 Å². The quantitative estimate of drug-likeness (QED) is 0.513. The van der Waals surface area contributed by atoms with Crippen LogP contribution in [0.25, 0.3) is 0 Å². The highest BCUT2D eigenvalue weighted by molar-refractivity contribution is 5.94. The zero-order chi connectivity index (χ0) is 16.1. The van der Waals surface area contributed by atoms with Crippen LogP contribution in [0, 0.1) is 15.9 Å². The number of aromatic hydroxyl groups is 1. The maximum atomic E-state index is 13.0. The van der Waals surface area contributed by atoms with Gasteiger partial charge in [0.15, 0.2) is 5.75 Å². The molecule has 0 aliphatic carbocycles. The van der Waals surface area contributed by atoms with Crippen molar-refractivity contribution in [1.29, 1.82) is 0 Å². The normalized spacial score (nSPS) is 10.6. The lowest BCUT2D eigenvalue weighted by Gasteiger charge is -2.00. The van der Waals surface area contributed by atoms with Gasteiger partial charge < -0.3 is 5.11 Å². The monoisotopic (exact) mass is 303 g/mol. The van der Waals surface area contributed by atoms with Gasteiger partial charge in [0, 0.05) is 11.6 Å². The highest BCUT2D eigenvalue weighted by Crippen LogP contribution is 2.25. The average molecular weight is 303 g/mol. The number of benzene rings is 2. The molecule has 0 bridgehead atoms. The molecule has 0 aliphatic rings. The molecule has 0 atom stereocenters. The number of phenolic OH excluding ortho intramolecular Hbond substituents is 1. The van der Waals surface area contributed by atoms with Gasteiger partial charge in [-0.3, -0.25) is 14.9 Å². The smallest absolute Gasteiger partial charge is 0.310 e. The Labute approximate surface area is 123 Å². The van der Waals surface area contributed by atoms with Gasteiger partial charge >= 0.3 is 5.69 Å². The van der Waals surface area contributed by atoms with Gasteiger partial charge in [0.05, 0.1) is 11.1 Å². The number of nitro benzene ring substituents is 1. The third-order valence-electron chi connectivity index (χ3n) is 2.66. The van der Waals surface area contributed by atoms with Gasteiger partial charge in [-0.2, -0.15) is 5.10 Å². The van der Waals surface area contributed by atoms with E-state index < -0.39 is 28.1 Å². The van der Waals surface area contributed by atoms with Crippen LogP contribution in [0.4, 0.5) is 10.1 Å². The van der Waals surface area contributed by atoms with Gasteiger partial charge in [-0.15, -0.1) is 0 Å². The number of rotatable bonds is 4. The van der Waals surface area contributed by atoms with Gasteiger partial charge in [-0.05, 0) is 35.9 Å². The minimum Gasteiger partial charge on any atom is -0.502 e. The van der Waals surface area contributed by atoms with E-state index in [1.54, 1.807) is 0 Å². The summed E-state index contributed by atoms with van der Waals surface area (Å²) in [4.78, 5) is 21.5. The molecule has 0 saturated carbocycles. The lowest BCUT2D eigenvalue weighted by Crippen LogP contribution is -2.17. The van der Waals surface area contributed by atoms with Crippen molar-refractivity contribution < 1.29 is 19.2 Å². The van der Waals surface area contributed by atoms with E-state index in [4.69, 9.17) is 0 Å². The first-order chi connectivity index (χ1) is 10.5. The Balaban J connectivity index is 2.05. The first kappa shape index (κ1) is 15.1. The predicted molar refractivity (Wildman–Crippen MR) is 76.2 cm³/mol. The van der Waals surface area contributed by atoms with Crippen molar-refractivity contribution in [1.82, 2.24) is 5.43 Å². The van der Waals surface area contributed by atoms with Gasteiger partial charge in [0.1, 0.15) is 5.82 Å². The lowest BCUT2D eigenvalue weighted by atomic mass is 10.2. The zero-order valence-corrected chi connectivity index (χ0v) is 11.1. The molecule has 112 valence electrons. The van der Waals surface area contributed by atoms with Crippen LogP contribution >= 0.6 is 0 Å². The predicted octanol–water partition coefficient (Wildman–Crippen LogP) is 2.20. The fourth-order valence-corrected chi connectivity index (χ4v) is 1.63. The van der Waals surface area contributed by atoms with Crippen molar-refractivity contribution in [3.8, 4) is 5.75 Å². The van der Waals surface area contributed by atoms with Gasteiger partial charge in [-0.1, -0.05) is 6.07 Å². The second-order valence-electron chi connectivity index (χ2n) is 4.21. The highest BCUT2D eigenvalue weighted by Gasteiger charge is 2.12. The molecule has 2 rings (SSSR count). The van der Waals surface area contributed by atoms with E-state index in [0.717, 1.165) is 18.2 Å². The molecule has 2 N–H and O–H groups in total. The van der Waals surface area contributed by atoms with Crippen LogP contribution in [0.15, 0.2) is 47.6 Å². The molecular formula is C14H10FN3O4. The summed E-state index contributed by atoms with van der Waals surface area (Å²) in [5.41, 5.74) is 2.20. The highest BCUT2D eigenvalue weighted by atomic mass is 19.1. The molecule has 2 aromatic rings. The molecule has 0 unspecified atom stereocenters. The van der Waals surface area contributed by atoms with E-state index in [-0.39, 0.29) is 5.56 Å². The summed E-state index contributed by atoms with van der Waals surface area (Å²) in [6, 6.07) is 8.69. The molecule has 0 saturated heterocycles. The van der Waals surface area contributed by atoms with Crippen LogP contribution < -0.4 is 5.43 Å². The maximum absolute atomic E-state index is 13.0. The Bertz CT molecular complexity index is 762. The number of amides is 1. The third kappa shape index (κ3) is 3.63.